The van der Waals surface area contributed by atoms with Gasteiger partial charge in [-0.05, 0) is 43.9 Å². The number of anilines is 1. The first-order valence-corrected chi connectivity index (χ1v) is 13.1. The Morgan fingerprint density at radius 3 is 2.61 bits per heavy atom. The highest BCUT2D eigenvalue weighted by atomic mass is 19.4. The van der Waals surface area contributed by atoms with E-state index in [0.717, 1.165) is 6.20 Å². The smallest absolute Gasteiger partial charge is 0.420 e. The molecule has 218 valence electrons. The van der Waals surface area contributed by atoms with Crippen molar-refractivity contribution >= 4 is 22.8 Å². The summed E-state index contributed by atoms with van der Waals surface area (Å²) in [6.07, 6.45) is -5.08. The normalized spacial score (nSPS) is 25.3. The SMILES string of the molecule is COc1ccc2ncc(F)c(CC(O)(C(F)(F)F)C34CCC(NCc5ccc6c(n5)NC(=O)CO6)(CC3)CO4)c2n1. The van der Waals surface area contributed by atoms with Gasteiger partial charge in [-0.2, -0.15) is 13.2 Å². The molecule has 41 heavy (non-hydrogen) atoms. The van der Waals surface area contributed by atoms with Gasteiger partial charge in [-0.15, -0.1) is 0 Å². The number of hydrogen-bond donors (Lipinski definition) is 3. The number of rotatable bonds is 7. The van der Waals surface area contributed by atoms with Gasteiger partial charge in [0.2, 0.25) is 5.88 Å². The molecule has 0 spiro atoms. The third-order valence-corrected chi connectivity index (χ3v) is 8.42. The largest absolute Gasteiger partial charge is 0.481 e. The van der Waals surface area contributed by atoms with E-state index in [1.54, 1.807) is 12.1 Å². The Hall–Kier alpha value is -3.62. The Bertz CT molecular complexity index is 1490. The van der Waals surface area contributed by atoms with Crippen LogP contribution in [0.3, 0.4) is 0 Å². The topological polar surface area (TPSA) is 128 Å². The van der Waals surface area contributed by atoms with Crippen LogP contribution in [0.1, 0.15) is 36.9 Å². The number of alkyl halides is 3. The molecule has 1 atom stereocenters. The fourth-order valence-electron chi connectivity index (χ4n) is 5.97. The minimum Gasteiger partial charge on any atom is -0.481 e. The number of nitrogens with zero attached hydrogens (tertiary/aromatic N) is 3. The number of methoxy groups -OCH3 is 1. The molecule has 3 aliphatic heterocycles. The predicted molar refractivity (Wildman–Crippen MR) is 136 cm³/mol. The van der Waals surface area contributed by atoms with E-state index >= 15 is 4.39 Å². The molecule has 1 saturated carbocycles. The summed E-state index contributed by atoms with van der Waals surface area (Å²) in [5, 5.41) is 17.5. The molecule has 1 unspecified atom stereocenters. The predicted octanol–water partition coefficient (Wildman–Crippen LogP) is 3.21. The molecule has 1 aliphatic carbocycles. The summed E-state index contributed by atoms with van der Waals surface area (Å²) in [4.78, 5) is 24.1. The number of aliphatic hydroxyl groups is 1. The van der Waals surface area contributed by atoms with Crippen LogP contribution in [-0.2, 0) is 22.5 Å². The lowest BCUT2D eigenvalue weighted by Gasteiger charge is -2.59. The minimum absolute atomic E-state index is 0.0747. The van der Waals surface area contributed by atoms with E-state index in [1.165, 1.54) is 19.2 Å². The zero-order valence-electron chi connectivity index (χ0n) is 22.0. The average Bonchev–Trinajstić information content (AvgIpc) is 2.97. The van der Waals surface area contributed by atoms with Crippen molar-refractivity contribution in [2.75, 3.05) is 25.6 Å². The molecule has 4 aliphatic rings. The second-order valence-electron chi connectivity index (χ2n) is 10.7. The molecule has 0 radical (unpaired) electrons. The molecular formula is C27H27F4N5O5. The number of aromatic nitrogens is 3. The Morgan fingerprint density at radius 2 is 1.93 bits per heavy atom. The van der Waals surface area contributed by atoms with E-state index in [2.05, 4.69) is 25.6 Å². The highest BCUT2D eigenvalue weighted by Gasteiger charge is 2.70. The van der Waals surface area contributed by atoms with Crippen LogP contribution in [0.15, 0.2) is 30.5 Å². The van der Waals surface area contributed by atoms with Gasteiger partial charge in [0.1, 0.15) is 11.4 Å². The van der Waals surface area contributed by atoms with Gasteiger partial charge < -0.3 is 30.0 Å². The van der Waals surface area contributed by atoms with E-state index in [0.29, 0.717) is 17.3 Å². The van der Waals surface area contributed by atoms with E-state index in [1.807, 2.05) is 0 Å². The van der Waals surface area contributed by atoms with Gasteiger partial charge in [0.05, 0.1) is 36.6 Å². The lowest BCUT2D eigenvalue weighted by Crippen LogP contribution is -2.73. The van der Waals surface area contributed by atoms with Gasteiger partial charge in [-0.1, -0.05) is 0 Å². The summed E-state index contributed by atoms with van der Waals surface area (Å²) < 4.78 is 75.6. The zero-order valence-corrected chi connectivity index (χ0v) is 22.0. The highest BCUT2D eigenvalue weighted by molar-refractivity contribution is 5.94. The van der Waals surface area contributed by atoms with E-state index in [9.17, 15) is 23.1 Å². The van der Waals surface area contributed by atoms with Crippen molar-refractivity contribution in [3.8, 4) is 11.6 Å². The number of carbonyl (C=O) groups is 1. The molecule has 3 N–H and O–H groups in total. The Kier molecular flexibility index (Phi) is 6.54. The van der Waals surface area contributed by atoms with Crippen LogP contribution in [0.4, 0.5) is 23.4 Å². The number of halogens is 4. The lowest BCUT2D eigenvalue weighted by molar-refractivity contribution is -0.350. The third-order valence-electron chi connectivity index (χ3n) is 8.42. The van der Waals surface area contributed by atoms with Crippen LogP contribution in [0, 0.1) is 5.82 Å². The number of ether oxygens (including phenoxy) is 3. The van der Waals surface area contributed by atoms with Gasteiger partial charge in [0.15, 0.2) is 23.8 Å². The summed E-state index contributed by atoms with van der Waals surface area (Å²) >= 11 is 0. The summed E-state index contributed by atoms with van der Waals surface area (Å²) in [6, 6.07) is 6.35. The first-order valence-electron chi connectivity index (χ1n) is 13.1. The first kappa shape index (κ1) is 27.5. The number of amides is 1. The Balaban J connectivity index is 1.24. The summed E-state index contributed by atoms with van der Waals surface area (Å²) in [6.45, 7) is 0.0834. The van der Waals surface area contributed by atoms with E-state index < -0.39 is 40.7 Å². The summed E-state index contributed by atoms with van der Waals surface area (Å²) in [5.41, 5.74) is -5.79. The Morgan fingerprint density at radius 1 is 1.15 bits per heavy atom. The maximum atomic E-state index is 15.0. The molecule has 2 bridgehead atoms. The van der Waals surface area contributed by atoms with Gasteiger partial charge in [-0.25, -0.2) is 14.4 Å². The molecule has 10 nitrogen and oxygen atoms in total. The van der Waals surface area contributed by atoms with Crippen molar-refractivity contribution in [3.05, 3.63) is 47.5 Å². The maximum absolute atomic E-state index is 15.0. The van der Waals surface area contributed by atoms with Crippen molar-refractivity contribution in [1.29, 1.82) is 0 Å². The van der Waals surface area contributed by atoms with Crippen molar-refractivity contribution in [2.45, 2.75) is 61.6 Å². The quantitative estimate of drug-likeness (QED) is 0.363. The monoisotopic (exact) mass is 577 g/mol. The molecule has 6 heterocycles. The minimum atomic E-state index is -5.14. The van der Waals surface area contributed by atoms with Crippen molar-refractivity contribution < 1.29 is 41.7 Å². The third kappa shape index (κ3) is 4.63. The van der Waals surface area contributed by atoms with E-state index in [-0.39, 0.29) is 68.3 Å². The number of carbonyl (C=O) groups excluding carboxylic acids is 1. The zero-order chi connectivity index (χ0) is 29.0. The highest BCUT2D eigenvalue weighted by Crippen LogP contribution is 2.55. The van der Waals surface area contributed by atoms with Gasteiger partial charge in [0.25, 0.3) is 5.91 Å². The second kappa shape index (κ2) is 9.74. The fourth-order valence-corrected chi connectivity index (χ4v) is 5.97. The number of fused-ring (bicyclic) bond motifs is 5. The van der Waals surface area contributed by atoms with Crippen molar-refractivity contribution in [3.63, 3.8) is 0 Å². The first-order chi connectivity index (χ1) is 19.5. The number of nitrogens with one attached hydrogen (secondary N) is 2. The molecule has 3 aromatic rings. The molecule has 1 amide bonds. The molecule has 3 aromatic heterocycles. The molecule has 3 fully saturated rings. The molecule has 0 aromatic carbocycles. The van der Waals surface area contributed by atoms with Gasteiger partial charge in [0, 0.05) is 30.1 Å². The summed E-state index contributed by atoms with van der Waals surface area (Å²) in [5.74, 6) is -0.498. The molecule has 14 heteroatoms. The lowest BCUT2D eigenvalue weighted by atomic mass is 9.62. The fraction of sp³-hybridized carbons (Fsp3) is 0.481. The van der Waals surface area contributed by atoms with Gasteiger partial charge in [-0.3, -0.25) is 9.78 Å². The molecule has 7 rings (SSSR count). The average molecular weight is 578 g/mol. The van der Waals surface area contributed by atoms with Gasteiger partial charge >= 0.3 is 6.18 Å². The van der Waals surface area contributed by atoms with Crippen LogP contribution in [-0.4, -0.2) is 69.2 Å². The van der Waals surface area contributed by atoms with Crippen LogP contribution in [0.5, 0.6) is 11.6 Å². The molecular weight excluding hydrogens is 550 g/mol. The van der Waals surface area contributed by atoms with Crippen LogP contribution in [0.25, 0.3) is 11.0 Å². The molecule has 2 saturated heterocycles. The number of hydrogen-bond acceptors (Lipinski definition) is 9. The second-order valence-corrected chi connectivity index (χ2v) is 10.7. The van der Waals surface area contributed by atoms with Crippen molar-refractivity contribution in [2.24, 2.45) is 0 Å². The standard InChI is InChI=1S/C27H27F4N5O5/c1-39-21-5-3-18-22(36-21)16(17(28)12-32-18)10-26(38,27(29,30)31)25-8-6-24(7-9-25,14-41-25)33-11-15-2-4-19-23(34-15)35-20(37)13-40-19/h2-5,12,33,38H,6-11,13-14H2,1H3,(H,34,35,37). The number of pyridine rings is 3. The summed E-state index contributed by atoms with van der Waals surface area (Å²) in [7, 11) is 1.33. The van der Waals surface area contributed by atoms with Crippen LogP contribution in [0.2, 0.25) is 0 Å². The van der Waals surface area contributed by atoms with Crippen LogP contribution >= 0.6 is 0 Å². The van der Waals surface area contributed by atoms with Crippen molar-refractivity contribution in [1.82, 2.24) is 20.3 Å². The van der Waals surface area contributed by atoms with E-state index in [4.69, 9.17) is 14.2 Å². The Labute approximate surface area is 231 Å². The van der Waals surface area contributed by atoms with Crippen LogP contribution < -0.4 is 20.1 Å². The maximum Gasteiger partial charge on any atom is 0.420 e.